The second kappa shape index (κ2) is 8.62. The van der Waals surface area contributed by atoms with Crippen LogP contribution in [0.15, 0.2) is 33.5 Å². The summed E-state index contributed by atoms with van der Waals surface area (Å²) >= 11 is 0. The van der Waals surface area contributed by atoms with Gasteiger partial charge in [-0.3, -0.25) is 4.57 Å². The summed E-state index contributed by atoms with van der Waals surface area (Å²) in [4.78, 5) is 10.9. The van der Waals surface area contributed by atoms with Gasteiger partial charge in [0.2, 0.25) is 0 Å². The Morgan fingerprint density at radius 1 is 1.12 bits per heavy atom. The second-order valence-corrected chi connectivity index (χ2v) is 3.39. The number of rotatable bonds is 1. The SMILES string of the molecule is CC.CCCC.Cn1c(=O)oc2ccccc21. The van der Waals surface area contributed by atoms with Crippen molar-refractivity contribution < 1.29 is 4.42 Å². The maximum Gasteiger partial charge on any atom is 0.419 e. The maximum absolute atomic E-state index is 10.9. The minimum Gasteiger partial charge on any atom is -0.408 e. The molecule has 1 aromatic carbocycles. The van der Waals surface area contributed by atoms with E-state index >= 15 is 0 Å². The van der Waals surface area contributed by atoms with Crippen LogP contribution in [0.4, 0.5) is 0 Å². The van der Waals surface area contributed by atoms with E-state index in [1.54, 1.807) is 13.1 Å². The third-order valence-electron chi connectivity index (χ3n) is 2.20. The van der Waals surface area contributed by atoms with Crippen molar-refractivity contribution >= 4 is 11.1 Å². The molecule has 0 radical (unpaired) electrons. The molecule has 0 amide bonds. The fourth-order valence-corrected chi connectivity index (χ4v) is 1.08. The van der Waals surface area contributed by atoms with Gasteiger partial charge >= 0.3 is 5.76 Å². The Balaban J connectivity index is 0.000000368. The third-order valence-corrected chi connectivity index (χ3v) is 2.20. The summed E-state index contributed by atoms with van der Waals surface area (Å²) in [6.45, 7) is 8.36. The van der Waals surface area contributed by atoms with Crippen molar-refractivity contribution in [2.24, 2.45) is 7.05 Å². The molecule has 2 rings (SSSR count). The lowest BCUT2D eigenvalue weighted by atomic mass is 10.3. The first-order chi connectivity index (χ1) is 8.20. The van der Waals surface area contributed by atoms with Gasteiger partial charge in [-0.2, -0.15) is 0 Å². The van der Waals surface area contributed by atoms with Crippen LogP contribution in [0.5, 0.6) is 0 Å². The number of nitrogens with zero attached hydrogens (tertiary/aromatic N) is 1. The summed E-state index contributed by atoms with van der Waals surface area (Å²) in [5, 5.41) is 0. The predicted molar refractivity (Wildman–Crippen MR) is 73.4 cm³/mol. The summed E-state index contributed by atoms with van der Waals surface area (Å²) < 4.78 is 6.39. The molecule has 0 fully saturated rings. The minimum atomic E-state index is -0.314. The van der Waals surface area contributed by atoms with Crippen LogP contribution in [0.25, 0.3) is 11.1 Å². The van der Waals surface area contributed by atoms with E-state index in [-0.39, 0.29) is 5.76 Å². The average molecular weight is 237 g/mol. The zero-order chi connectivity index (χ0) is 13.3. The number of hydrogen-bond donors (Lipinski definition) is 0. The van der Waals surface area contributed by atoms with Crippen molar-refractivity contribution in [3.63, 3.8) is 0 Å². The summed E-state index contributed by atoms with van der Waals surface area (Å²) in [6, 6.07) is 7.33. The maximum atomic E-state index is 10.9. The van der Waals surface area contributed by atoms with Crippen molar-refractivity contribution in [1.29, 1.82) is 0 Å². The Labute approximate surface area is 103 Å². The Morgan fingerprint density at radius 2 is 1.65 bits per heavy atom. The fraction of sp³-hybridized carbons (Fsp3) is 0.500. The van der Waals surface area contributed by atoms with Crippen LogP contribution in [0, 0.1) is 0 Å². The predicted octanol–water partition coefficient (Wildman–Crippen LogP) is 3.96. The van der Waals surface area contributed by atoms with E-state index in [0.717, 1.165) is 5.52 Å². The van der Waals surface area contributed by atoms with Gasteiger partial charge in [-0.05, 0) is 12.1 Å². The molecule has 0 saturated heterocycles. The van der Waals surface area contributed by atoms with E-state index in [4.69, 9.17) is 4.42 Å². The smallest absolute Gasteiger partial charge is 0.408 e. The molecule has 0 atom stereocenters. The fourth-order valence-electron chi connectivity index (χ4n) is 1.08. The molecule has 0 unspecified atom stereocenters. The number of fused-ring (bicyclic) bond motifs is 1. The number of oxazole rings is 1. The number of aromatic nitrogens is 1. The normalized spacial score (nSPS) is 9.00. The molecule has 0 aliphatic rings. The highest BCUT2D eigenvalue weighted by Crippen LogP contribution is 2.09. The lowest BCUT2D eigenvalue weighted by Gasteiger charge is -1.87. The third kappa shape index (κ3) is 4.47. The molecule has 0 aliphatic carbocycles. The minimum absolute atomic E-state index is 0.314. The van der Waals surface area contributed by atoms with E-state index in [9.17, 15) is 4.79 Å². The number of hydrogen-bond acceptors (Lipinski definition) is 2. The molecule has 0 aliphatic heterocycles. The molecule has 1 aromatic heterocycles. The first-order valence-corrected chi connectivity index (χ1v) is 6.25. The molecule has 0 saturated carbocycles. The Hall–Kier alpha value is -1.51. The van der Waals surface area contributed by atoms with Crippen LogP contribution in [-0.2, 0) is 7.05 Å². The van der Waals surface area contributed by atoms with E-state index in [2.05, 4.69) is 13.8 Å². The number of aryl methyl sites for hydroxylation is 1. The van der Waals surface area contributed by atoms with Gasteiger partial charge in [0.25, 0.3) is 0 Å². The van der Waals surface area contributed by atoms with E-state index in [1.165, 1.54) is 17.4 Å². The quantitative estimate of drug-likeness (QED) is 0.752. The van der Waals surface area contributed by atoms with Crippen molar-refractivity contribution in [3.8, 4) is 0 Å². The van der Waals surface area contributed by atoms with Crippen molar-refractivity contribution in [1.82, 2.24) is 4.57 Å². The molecular weight excluding hydrogens is 214 g/mol. The molecular formula is C14H23NO2. The molecule has 2 aromatic rings. The average Bonchev–Trinajstić information content (AvgIpc) is 2.68. The van der Waals surface area contributed by atoms with Gasteiger partial charge in [-0.1, -0.05) is 52.7 Å². The molecule has 1 heterocycles. The topological polar surface area (TPSA) is 35.1 Å². The van der Waals surface area contributed by atoms with Gasteiger partial charge in [-0.25, -0.2) is 4.79 Å². The van der Waals surface area contributed by atoms with Crippen LogP contribution in [0.3, 0.4) is 0 Å². The summed E-state index contributed by atoms with van der Waals surface area (Å²) in [5.41, 5.74) is 1.47. The van der Waals surface area contributed by atoms with Gasteiger partial charge in [-0.15, -0.1) is 0 Å². The van der Waals surface area contributed by atoms with Crippen LogP contribution in [-0.4, -0.2) is 4.57 Å². The molecule has 0 spiro atoms. The molecule has 0 N–H and O–H groups in total. The van der Waals surface area contributed by atoms with Crippen LogP contribution < -0.4 is 5.76 Å². The molecule has 3 heteroatoms. The zero-order valence-electron chi connectivity index (χ0n) is 11.5. The summed E-state index contributed by atoms with van der Waals surface area (Å²) in [7, 11) is 1.69. The summed E-state index contributed by atoms with van der Waals surface area (Å²) in [6.07, 6.45) is 2.64. The van der Waals surface area contributed by atoms with Crippen LogP contribution in [0.1, 0.15) is 40.5 Å². The van der Waals surface area contributed by atoms with E-state index in [1.807, 2.05) is 32.0 Å². The van der Waals surface area contributed by atoms with Crippen molar-refractivity contribution in [2.45, 2.75) is 40.5 Å². The zero-order valence-corrected chi connectivity index (χ0v) is 11.5. The molecule has 17 heavy (non-hydrogen) atoms. The molecule has 3 nitrogen and oxygen atoms in total. The van der Waals surface area contributed by atoms with Gasteiger partial charge in [0.15, 0.2) is 5.58 Å². The van der Waals surface area contributed by atoms with Crippen molar-refractivity contribution in [2.75, 3.05) is 0 Å². The first-order valence-electron chi connectivity index (χ1n) is 6.25. The Morgan fingerprint density at radius 3 is 2.12 bits per heavy atom. The lowest BCUT2D eigenvalue weighted by molar-refractivity contribution is 0.528. The van der Waals surface area contributed by atoms with Gasteiger partial charge < -0.3 is 4.42 Å². The van der Waals surface area contributed by atoms with Crippen LogP contribution in [0.2, 0.25) is 0 Å². The Bertz CT molecular complexity index is 466. The van der Waals surface area contributed by atoms with E-state index < -0.39 is 0 Å². The largest absolute Gasteiger partial charge is 0.419 e. The van der Waals surface area contributed by atoms with E-state index in [0.29, 0.717) is 5.58 Å². The molecule has 96 valence electrons. The lowest BCUT2D eigenvalue weighted by Crippen LogP contribution is -2.08. The number of unbranched alkanes of at least 4 members (excludes halogenated alkanes) is 1. The highest BCUT2D eigenvalue weighted by molar-refractivity contribution is 5.72. The second-order valence-electron chi connectivity index (χ2n) is 3.39. The standard InChI is InChI=1S/C8H7NO2.C4H10.C2H6/c1-9-6-4-2-3-5-7(6)11-8(9)10;1-3-4-2;1-2/h2-5H,1H3;3-4H2,1-2H3;1-2H3. The molecule has 0 bridgehead atoms. The van der Waals surface area contributed by atoms with Gasteiger partial charge in [0.05, 0.1) is 5.52 Å². The Kier molecular flexibility index (Phi) is 7.85. The number of benzene rings is 1. The van der Waals surface area contributed by atoms with Gasteiger partial charge in [0.1, 0.15) is 0 Å². The first kappa shape index (κ1) is 15.5. The summed E-state index contributed by atoms with van der Waals surface area (Å²) in [5.74, 6) is -0.314. The van der Waals surface area contributed by atoms with Crippen LogP contribution >= 0.6 is 0 Å². The number of para-hydroxylation sites is 2. The van der Waals surface area contributed by atoms with Crippen molar-refractivity contribution in [3.05, 3.63) is 34.8 Å². The monoisotopic (exact) mass is 237 g/mol. The van der Waals surface area contributed by atoms with Gasteiger partial charge in [0, 0.05) is 7.05 Å². The highest BCUT2D eigenvalue weighted by atomic mass is 16.4. The highest BCUT2D eigenvalue weighted by Gasteiger charge is 2.01.